The third-order valence-electron chi connectivity index (χ3n) is 4.58. The van der Waals surface area contributed by atoms with Gasteiger partial charge >= 0.3 is 0 Å². The molecule has 0 heterocycles. The molecule has 0 atom stereocenters. The summed E-state index contributed by atoms with van der Waals surface area (Å²) in [5.74, 6) is 0. The van der Waals surface area contributed by atoms with Crippen LogP contribution in [-0.4, -0.2) is 0 Å². The summed E-state index contributed by atoms with van der Waals surface area (Å²) in [5.41, 5.74) is 4.91. The van der Waals surface area contributed by atoms with Gasteiger partial charge in [0, 0.05) is 0 Å². The summed E-state index contributed by atoms with van der Waals surface area (Å²) < 4.78 is 0. The second-order valence-electron chi connectivity index (χ2n) is 6.43. The van der Waals surface area contributed by atoms with E-state index in [9.17, 15) is 0 Å². The lowest BCUT2D eigenvalue weighted by Crippen LogP contribution is -1.93. The zero-order valence-electron chi connectivity index (χ0n) is 14.3. The van der Waals surface area contributed by atoms with E-state index in [0.29, 0.717) is 0 Å². The Hall–Kier alpha value is -2.59. The van der Waals surface area contributed by atoms with Crippen molar-refractivity contribution in [2.45, 2.75) is 39.0 Å². The molecule has 0 aliphatic rings. The zero-order chi connectivity index (χ0) is 16.8. The van der Waals surface area contributed by atoms with E-state index >= 15 is 0 Å². The number of aryl methyl sites for hydroxylation is 3. The van der Waals surface area contributed by atoms with Crippen LogP contribution in [0.3, 0.4) is 0 Å². The average Bonchev–Trinajstić information content (AvgIpc) is 2.65. The van der Waals surface area contributed by atoms with E-state index < -0.39 is 0 Å². The van der Waals surface area contributed by atoms with Gasteiger partial charge in [0.15, 0.2) is 0 Å². The fourth-order valence-corrected chi connectivity index (χ4v) is 3.06. The van der Waals surface area contributed by atoms with E-state index in [1.165, 1.54) is 41.3 Å². The van der Waals surface area contributed by atoms with Crippen molar-refractivity contribution in [3.8, 4) is 6.07 Å². The maximum absolute atomic E-state index is 8.98. The molecular weight excluding hydrogens is 290 g/mol. The molecule has 0 radical (unpaired) electrons. The first kappa shape index (κ1) is 16.3. The first-order valence-corrected chi connectivity index (χ1v) is 8.79. The molecule has 120 valence electrons. The number of rotatable bonds is 6. The van der Waals surface area contributed by atoms with E-state index in [-0.39, 0.29) is 0 Å². The van der Waals surface area contributed by atoms with Gasteiger partial charge in [0.1, 0.15) is 0 Å². The molecule has 0 bridgehead atoms. The number of fused-ring (bicyclic) bond motifs is 1. The van der Waals surface area contributed by atoms with Crippen LogP contribution in [0.1, 0.15) is 42.0 Å². The predicted molar refractivity (Wildman–Crippen MR) is 101 cm³/mol. The predicted octanol–water partition coefficient (Wildman–Crippen LogP) is 5.84. The van der Waals surface area contributed by atoms with E-state index in [1.807, 2.05) is 18.2 Å². The molecule has 1 heteroatoms. The van der Waals surface area contributed by atoms with Crippen LogP contribution in [-0.2, 0) is 19.3 Å². The van der Waals surface area contributed by atoms with Crippen LogP contribution in [0.2, 0.25) is 0 Å². The lowest BCUT2D eigenvalue weighted by Gasteiger charge is -2.06. The van der Waals surface area contributed by atoms with Gasteiger partial charge in [0.05, 0.1) is 11.6 Å². The number of benzene rings is 3. The molecule has 0 saturated carbocycles. The number of hydrogen-bond donors (Lipinski definition) is 0. The van der Waals surface area contributed by atoms with Crippen LogP contribution >= 0.6 is 0 Å². The summed E-state index contributed by atoms with van der Waals surface area (Å²) in [6.45, 7) is 2.24. The van der Waals surface area contributed by atoms with E-state index in [4.69, 9.17) is 5.26 Å². The van der Waals surface area contributed by atoms with Crippen molar-refractivity contribution in [1.29, 1.82) is 5.26 Å². The van der Waals surface area contributed by atoms with Crippen molar-refractivity contribution >= 4 is 10.8 Å². The molecule has 0 aromatic heterocycles. The van der Waals surface area contributed by atoms with Crippen LogP contribution in [0, 0.1) is 11.3 Å². The molecule has 0 fully saturated rings. The van der Waals surface area contributed by atoms with Gasteiger partial charge < -0.3 is 0 Å². The minimum Gasteiger partial charge on any atom is -0.192 e. The highest BCUT2D eigenvalue weighted by Crippen LogP contribution is 2.19. The molecule has 0 amide bonds. The van der Waals surface area contributed by atoms with Gasteiger partial charge in [-0.1, -0.05) is 61.9 Å². The third kappa shape index (κ3) is 4.03. The molecule has 3 aromatic rings. The summed E-state index contributed by atoms with van der Waals surface area (Å²) in [4.78, 5) is 0. The van der Waals surface area contributed by atoms with Gasteiger partial charge in [-0.15, -0.1) is 0 Å². The minimum atomic E-state index is 0.721. The summed E-state index contributed by atoms with van der Waals surface area (Å²) in [6, 6.07) is 23.7. The Balaban J connectivity index is 1.66. The number of nitrogens with zero attached hydrogens (tertiary/aromatic N) is 1. The van der Waals surface area contributed by atoms with Crippen molar-refractivity contribution in [1.82, 2.24) is 0 Å². The highest BCUT2D eigenvalue weighted by atomic mass is 14.2. The van der Waals surface area contributed by atoms with Crippen molar-refractivity contribution in [3.63, 3.8) is 0 Å². The van der Waals surface area contributed by atoms with Gasteiger partial charge in [-0.3, -0.25) is 0 Å². The lowest BCUT2D eigenvalue weighted by atomic mass is 9.99. The largest absolute Gasteiger partial charge is 0.192 e. The van der Waals surface area contributed by atoms with Gasteiger partial charge in [0.25, 0.3) is 0 Å². The van der Waals surface area contributed by atoms with Crippen LogP contribution in [0.5, 0.6) is 0 Å². The Morgan fingerprint density at radius 1 is 0.708 bits per heavy atom. The van der Waals surface area contributed by atoms with E-state index in [0.717, 1.165) is 23.8 Å². The van der Waals surface area contributed by atoms with Crippen molar-refractivity contribution in [2.75, 3.05) is 0 Å². The Morgan fingerprint density at radius 3 is 2.00 bits per heavy atom. The summed E-state index contributed by atoms with van der Waals surface area (Å²) in [6.07, 6.45) is 5.82. The molecule has 1 nitrogen and oxygen atoms in total. The third-order valence-corrected chi connectivity index (χ3v) is 4.58. The van der Waals surface area contributed by atoms with Gasteiger partial charge in [-0.2, -0.15) is 5.26 Å². The maximum atomic E-state index is 8.98. The van der Waals surface area contributed by atoms with Crippen LogP contribution in [0.15, 0.2) is 60.7 Å². The molecule has 0 spiro atoms. The fraction of sp³-hybridized carbons (Fsp3) is 0.261. The van der Waals surface area contributed by atoms with Crippen LogP contribution in [0.4, 0.5) is 0 Å². The Morgan fingerprint density at radius 2 is 1.29 bits per heavy atom. The second-order valence-corrected chi connectivity index (χ2v) is 6.43. The van der Waals surface area contributed by atoms with Crippen LogP contribution in [0.25, 0.3) is 10.8 Å². The molecule has 24 heavy (non-hydrogen) atoms. The average molecular weight is 313 g/mol. The van der Waals surface area contributed by atoms with Crippen molar-refractivity contribution < 1.29 is 0 Å². The molecule has 0 saturated heterocycles. The number of nitriles is 1. The second kappa shape index (κ2) is 7.79. The standard InChI is InChI=1S/C23H23N/c1-2-3-4-18-5-7-19(8-6-18)9-10-20-11-13-23-16-21(17-24)12-14-22(23)15-20/h5-8,11-16H,2-4,9-10H2,1H3. The maximum Gasteiger partial charge on any atom is 0.0991 e. The lowest BCUT2D eigenvalue weighted by molar-refractivity contribution is 0.794. The zero-order valence-corrected chi connectivity index (χ0v) is 14.3. The Bertz CT molecular complexity index is 853. The minimum absolute atomic E-state index is 0.721. The summed E-state index contributed by atoms with van der Waals surface area (Å²) >= 11 is 0. The fourth-order valence-electron chi connectivity index (χ4n) is 3.06. The van der Waals surface area contributed by atoms with E-state index in [1.54, 1.807) is 0 Å². The molecular formula is C23H23N. The molecule has 3 rings (SSSR count). The topological polar surface area (TPSA) is 23.8 Å². The normalized spacial score (nSPS) is 10.7. The number of hydrogen-bond acceptors (Lipinski definition) is 1. The molecule has 0 aliphatic carbocycles. The van der Waals surface area contributed by atoms with Gasteiger partial charge in [-0.05, 0) is 65.3 Å². The smallest absolute Gasteiger partial charge is 0.0991 e. The van der Waals surface area contributed by atoms with Crippen molar-refractivity contribution in [2.24, 2.45) is 0 Å². The van der Waals surface area contributed by atoms with Crippen molar-refractivity contribution in [3.05, 3.63) is 82.9 Å². The molecule has 0 N–H and O–H groups in total. The highest BCUT2D eigenvalue weighted by Gasteiger charge is 2.01. The van der Waals surface area contributed by atoms with E-state index in [2.05, 4.69) is 55.5 Å². The Kier molecular flexibility index (Phi) is 5.29. The number of unbranched alkanes of at least 4 members (excludes halogenated alkanes) is 1. The van der Waals surface area contributed by atoms with Gasteiger partial charge in [-0.25, -0.2) is 0 Å². The summed E-state index contributed by atoms with van der Waals surface area (Å²) in [5, 5.41) is 11.3. The SMILES string of the molecule is CCCCc1ccc(CCc2ccc3cc(C#N)ccc3c2)cc1. The monoisotopic (exact) mass is 313 g/mol. The summed E-state index contributed by atoms with van der Waals surface area (Å²) in [7, 11) is 0. The molecule has 3 aromatic carbocycles. The highest BCUT2D eigenvalue weighted by molar-refractivity contribution is 5.84. The molecule has 0 unspecified atom stereocenters. The van der Waals surface area contributed by atoms with Crippen LogP contribution < -0.4 is 0 Å². The van der Waals surface area contributed by atoms with Gasteiger partial charge in [0.2, 0.25) is 0 Å². The Labute approximate surface area is 144 Å². The first-order chi connectivity index (χ1) is 11.8. The first-order valence-electron chi connectivity index (χ1n) is 8.79. The quantitative estimate of drug-likeness (QED) is 0.561. The molecule has 0 aliphatic heterocycles.